The maximum atomic E-state index is 13.2. The van der Waals surface area contributed by atoms with Gasteiger partial charge in [-0.3, -0.25) is 10.1 Å². The lowest BCUT2D eigenvalue weighted by atomic mass is 10.1. The van der Waals surface area contributed by atoms with Gasteiger partial charge in [-0.15, -0.1) is 0 Å². The Labute approximate surface area is 84.6 Å². The third kappa shape index (κ3) is 2.09. The molecule has 1 aromatic rings. The van der Waals surface area contributed by atoms with Gasteiger partial charge in [-0.1, -0.05) is 0 Å². The summed E-state index contributed by atoms with van der Waals surface area (Å²) in [5.41, 5.74) is -0.574. The maximum Gasteiger partial charge on any atom is 0.338 e. The van der Waals surface area contributed by atoms with Crippen molar-refractivity contribution < 1.29 is 18.8 Å². The van der Waals surface area contributed by atoms with E-state index in [0.29, 0.717) is 0 Å². The fraction of sp³-hybridized carbons (Fsp3) is 0.222. The Balaban J connectivity index is 3.37. The van der Waals surface area contributed by atoms with Gasteiger partial charge < -0.3 is 4.74 Å². The van der Waals surface area contributed by atoms with Crippen molar-refractivity contribution in [3.63, 3.8) is 0 Å². The van der Waals surface area contributed by atoms with Gasteiger partial charge in [0.15, 0.2) is 0 Å². The Morgan fingerprint density at radius 2 is 2.13 bits per heavy atom. The fourth-order valence-electron chi connectivity index (χ4n) is 1.09. The molecule has 0 bridgehead atoms. The number of rotatable bonds is 2. The number of benzene rings is 1. The highest BCUT2D eigenvalue weighted by Crippen LogP contribution is 2.21. The van der Waals surface area contributed by atoms with Crippen molar-refractivity contribution in [2.45, 2.75) is 6.92 Å². The van der Waals surface area contributed by atoms with Crippen LogP contribution in [-0.4, -0.2) is 18.0 Å². The summed E-state index contributed by atoms with van der Waals surface area (Å²) < 4.78 is 17.6. The van der Waals surface area contributed by atoms with Crippen LogP contribution < -0.4 is 0 Å². The van der Waals surface area contributed by atoms with Crippen molar-refractivity contribution in [2.75, 3.05) is 7.11 Å². The van der Waals surface area contributed by atoms with Crippen molar-refractivity contribution in [3.05, 3.63) is 39.2 Å². The van der Waals surface area contributed by atoms with Gasteiger partial charge in [-0.25, -0.2) is 9.18 Å². The van der Waals surface area contributed by atoms with Crippen LogP contribution in [0.4, 0.5) is 10.1 Å². The fourth-order valence-corrected chi connectivity index (χ4v) is 1.09. The average molecular weight is 213 g/mol. The van der Waals surface area contributed by atoms with E-state index in [-0.39, 0.29) is 11.1 Å². The normalized spacial score (nSPS) is 9.80. The third-order valence-corrected chi connectivity index (χ3v) is 1.95. The number of nitro benzene ring substituents is 1. The third-order valence-electron chi connectivity index (χ3n) is 1.95. The average Bonchev–Trinajstić information content (AvgIpc) is 2.20. The molecule has 0 aliphatic rings. The van der Waals surface area contributed by atoms with Gasteiger partial charge >= 0.3 is 5.97 Å². The van der Waals surface area contributed by atoms with Crippen LogP contribution in [0.25, 0.3) is 0 Å². The Morgan fingerprint density at radius 1 is 1.53 bits per heavy atom. The minimum absolute atomic E-state index is 0.0347. The minimum Gasteiger partial charge on any atom is -0.465 e. The highest BCUT2D eigenvalue weighted by atomic mass is 19.1. The molecule has 0 amide bonds. The first kappa shape index (κ1) is 11.1. The molecule has 1 aromatic carbocycles. The number of carbonyl (C=O) groups excluding carboxylic acids is 1. The largest absolute Gasteiger partial charge is 0.465 e. The van der Waals surface area contributed by atoms with E-state index in [0.717, 1.165) is 19.2 Å². The number of nitrogens with zero attached hydrogens (tertiary/aromatic N) is 1. The molecular formula is C9H8FNO4. The zero-order chi connectivity index (χ0) is 11.6. The highest BCUT2D eigenvalue weighted by molar-refractivity contribution is 5.91. The van der Waals surface area contributed by atoms with Crippen molar-refractivity contribution in [2.24, 2.45) is 0 Å². The van der Waals surface area contributed by atoms with Crippen molar-refractivity contribution in [1.29, 1.82) is 0 Å². The number of carbonyl (C=O) groups is 1. The zero-order valence-electron chi connectivity index (χ0n) is 8.11. The lowest BCUT2D eigenvalue weighted by Crippen LogP contribution is -2.06. The molecule has 0 saturated heterocycles. The molecule has 0 atom stereocenters. The number of esters is 1. The standard InChI is InChI=1S/C9H8FNO4/c1-5-7(9(12)15-2)3-6(11(13)14)4-8(5)10/h3-4H,1-2H3. The maximum absolute atomic E-state index is 13.2. The Hall–Kier alpha value is -1.98. The second-order valence-corrected chi connectivity index (χ2v) is 2.85. The molecule has 0 aromatic heterocycles. The quantitative estimate of drug-likeness (QED) is 0.427. The Kier molecular flexibility index (Phi) is 2.99. The summed E-state index contributed by atoms with van der Waals surface area (Å²) in [6.07, 6.45) is 0. The van der Waals surface area contributed by atoms with Gasteiger partial charge in [0, 0.05) is 6.07 Å². The molecule has 5 nitrogen and oxygen atoms in total. The number of halogens is 1. The van der Waals surface area contributed by atoms with E-state index in [1.807, 2.05) is 0 Å². The molecule has 15 heavy (non-hydrogen) atoms. The van der Waals surface area contributed by atoms with Gasteiger partial charge in [-0.05, 0) is 12.5 Å². The predicted octanol–water partition coefficient (Wildman–Crippen LogP) is 1.83. The zero-order valence-corrected chi connectivity index (χ0v) is 8.11. The number of nitro groups is 1. The van der Waals surface area contributed by atoms with Crippen molar-refractivity contribution >= 4 is 11.7 Å². The number of methoxy groups -OCH3 is 1. The van der Waals surface area contributed by atoms with Gasteiger partial charge in [0.1, 0.15) is 5.82 Å². The summed E-state index contributed by atoms with van der Waals surface area (Å²) in [7, 11) is 1.12. The molecule has 1 rings (SSSR count). The molecule has 0 aliphatic carbocycles. The first-order valence-corrected chi connectivity index (χ1v) is 4.00. The molecule has 0 saturated carbocycles. The molecule has 0 fully saturated rings. The van der Waals surface area contributed by atoms with Gasteiger partial charge in [0.2, 0.25) is 0 Å². The van der Waals surface area contributed by atoms with E-state index in [4.69, 9.17) is 0 Å². The van der Waals surface area contributed by atoms with E-state index in [1.54, 1.807) is 0 Å². The molecule has 80 valence electrons. The van der Waals surface area contributed by atoms with Crippen LogP contribution in [0, 0.1) is 22.9 Å². The molecular weight excluding hydrogens is 205 g/mol. The van der Waals surface area contributed by atoms with Crippen LogP contribution in [0.15, 0.2) is 12.1 Å². The van der Waals surface area contributed by atoms with E-state index in [2.05, 4.69) is 4.74 Å². The van der Waals surface area contributed by atoms with Gasteiger partial charge in [0.05, 0.1) is 23.7 Å². The van der Waals surface area contributed by atoms with E-state index >= 15 is 0 Å². The number of non-ortho nitro benzene ring substituents is 1. The van der Waals surface area contributed by atoms with Gasteiger partial charge in [-0.2, -0.15) is 0 Å². The molecule has 0 unspecified atom stereocenters. The summed E-state index contributed by atoms with van der Waals surface area (Å²) in [5, 5.41) is 10.4. The van der Waals surface area contributed by atoms with E-state index in [9.17, 15) is 19.3 Å². The molecule has 0 radical (unpaired) electrons. The summed E-state index contributed by atoms with van der Waals surface area (Å²) in [5.74, 6) is -1.60. The lowest BCUT2D eigenvalue weighted by molar-refractivity contribution is -0.385. The van der Waals surface area contributed by atoms with Crippen molar-refractivity contribution in [3.8, 4) is 0 Å². The molecule has 0 spiro atoms. The first-order valence-electron chi connectivity index (χ1n) is 4.00. The van der Waals surface area contributed by atoms with Crippen molar-refractivity contribution in [1.82, 2.24) is 0 Å². The second kappa shape index (κ2) is 4.04. The number of hydrogen-bond acceptors (Lipinski definition) is 4. The van der Waals surface area contributed by atoms with Gasteiger partial charge in [0.25, 0.3) is 5.69 Å². The minimum atomic E-state index is -0.801. The topological polar surface area (TPSA) is 69.4 Å². The van der Waals surface area contributed by atoms with E-state index < -0.39 is 22.4 Å². The number of ether oxygens (including phenoxy) is 1. The highest BCUT2D eigenvalue weighted by Gasteiger charge is 2.18. The lowest BCUT2D eigenvalue weighted by Gasteiger charge is -2.04. The summed E-state index contributed by atoms with van der Waals surface area (Å²) >= 11 is 0. The van der Waals surface area contributed by atoms with Crippen LogP contribution in [0.3, 0.4) is 0 Å². The second-order valence-electron chi connectivity index (χ2n) is 2.85. The Morgan fingerprint density at radius 3 is 2.60 bits per heavy atom. The summed E-state index contributed by atoms with van der Waals surface area (Å²) in [6, 6.07) is 1.76. The van der Waals surface area contributed by atoms with Crippen LogP contribution in [-0.2, 0) is 4.74 Å². The summed E-state index contributed by atoms with van der Waals surface area (Å²) in [6.45, 7) is 1.35. The summed E-state index contributed by atoms with van der Waals surface area (Å²) in [4.78, 5) is 20.8. The molecule has 0 N–H and O–H groups in total. The smallest absolute Gasteiger partial charge is 0.338 e. The molecule has 0 heterocycles. The van der Waals surface area contributed by atoms with Crippen LogP contribution in [0.1, 0.15) is 15.9 Å². The van der Waals surface area contributed by atoms with Crippen LogP contribution >= 0.6 is 0 Å². The Bertz CT molecular complexity index is 430. The van der Waals surface area contributed by atoms with Crippen LogP contribution in [0.5, 0.6) is 0 Å². The molecule has 0 aliphatic heterocycles. The van der Waals surface area contributed by atoms with Crippen LogP contribution in [0.2, 0.25) is 0 Å². The van der Waals surface area contributed by atoms with E-state index in [1.165, 1.54) is 6.92 Å². The SMILES string of the molecule is COC(=O)c1cc([N+](=O)[O-])cc(F)c1C. The molecule has 6 heteroatoms. The first-order chi connectivity index (χ1) is 6.97. The predicted molar refractivity (Wildman–Crippen MR) is 49.1 cm³/mol. The number of hydrogen-bond donors (Lipinski definition) is 0. The monoisotopic (exact) mass is 213 g/mol.